The van der Waals surface area contributed by atoms with Gasteiger partial charge in [-0.3, -0.25) is 4.79 Å². The van der Waals surface area contributed by atoms with Gasteiger partial charge in [-0.15, -0.1) is 5.10 Å². The van der Waals surface area contributed by atoms with Crippen LogP contribution in [0.15, 0.2) is 41.6 Å². The second kappa shape index (κ2) is 7.45. The molecule has 2 N–H and O–H groups in total. The van der Waals surface area contributed by atoms with Crippen molar-refractivity contribution in [2.24, 2.45) is 0 Å². The fourth-order valence-corrected chi connectivity index (χ4v) is 3.71. The molecule has 0 spiro atoms. The number of amides is 1. The third kappa shape index (κ3) is 3.88. The molecule has 1 saturated carbocycles. The SMILES string of the molecule is O=C(NC1CCCCC1)[C@H](Sc1cn[nH]n1)c1ccccc1. The third-order valence-electron chi connectivity index (χ3n) is 3.92. The number of nitrogens with zero attached hydrogens (tertiary/aromatic N) is 2. The number of thioether (sulfide) groups is 1. The Morgan fingerprint density at radius 1 is 1.23 bits per heavy atom. The maximum absolute atomic E-state index is 12.7. The first-order valence-electron chi connectivity index (χ1n) is 7.70. The second-order valence-electron chi connectivity index (χ2n) is 5.56. The summed E-state index contributed by atoms with van der Waals surface area (Å²) in [5.41, 5.74) is 0.990. The highest BCUT2D eigenvalue weighted by Crippen LogP contribution is 2.34. The van der Waals surface area contributed by atoms with Gasteiger partial charge < -0.3 is 5.32 Å². The number of aromatic amines is 1. The fraction of sp³-hybridized carbons (Fsp3) is 0.438. The standard InChI is InChI=1S/C16H20N4OS/c21-16(18-13-9-5-2-6-10-13)15(12-7-3-1-4-8-12)22-14-11-17-20-19-14/h1,3-4,7-8,11,13,15H,2,5-6,9-10H2,(H,18,21)(H,17,19,20)/t15-/m1/s1. The number of hydrogen-bond acceptors (Lipinski definition) is 4. The predicted molar refractivity (Wildman–Crippen MR) is 86.4 cm³/mol. The van der Waals surface area contributed by atoms with Crippen molar-refractivity contribution in [1.82, 2.24) is 20.7 Å². The molecule has 1 fully saturated rings. The van der Waals surface area contributed by atoms with E-state index in [1.54, 1.807) is 6.20 Å². The van der Waals surface area contributed by atoms with E-state index in [4.69, 9.17) is 0 Å². The number of benzene rings is 1. The Balaban J connectivity index is 1.73. The molecular weight excluding hydrogens is 296 g/mol. The van der Waals surface area contributed by atoms with Crippen LogP contribution < -0.4 is 5.32 Å². The van der Waals surface area contributed by atoms with Gasteiger partial charge in [-0.25, -0.2) is 0 Å². The maximum atomic E-state index is 12.7. The summed E-state index contributed by atoms with van der Waals surface area (Å²) in [7, 11) is 0. The average molecular weight is 316 g/mol. The highest BCUT2D eigenvalue weighted by atomic mass is 32.2. The lowest BCUT2D eigenvalue weighted by molar-refractivity contribution is -0.121. The van der Waals surface area contributed by atoms with Gasteiger partial charge in [0.15, 0.2) is 0 Å². The van der Waals surface area contributed by atoms with E-state index in [1.807, 2.05) is 30.3 Å². The summed E-state index contributed by atoms with van der Waals surface area (Å²) < 4.78 is 0. The minimum Gasteiger partial charge on any atom is -0.352 e. The molecule has 1 aliphatic carbocycles. The van der Waals surface area contributed by atoms with E-state index < -0.39 is 0 Å². The van der Waals surface area contributed by atoms with Crippen LogP contribution in [0.5, 0.6) is 0 Å². The van der Waals surface area contributed by atoms with Crippen LogP contribution in [0.25, 0.3) is 0 Å². The van der Waals surface area contributed by atoms with Gasteiger partial charge in [-0.05, 0) is 18.4 Å². The van der Waals surface area contributed by atoms with Gasteiger partial charge in [0.05, 0.1) is 6.20 Å². The summed E-state index contributed by atoms with van der Waals surface area (Å²) in [5.74, 6) is 0.0612. The molecule has 1 aromatic carbocycles. The minimum absolute atomic E-state index is 0.0612. The monoisotopic (exact) mass is 316 g/mol. The fourth-order valence-electron chi connectivity index (χ4n) is 2.79. The zero-order valence-electron chi connectivity index (χ0n) is 12.4. The first-order chi connectivity index (χ1) is 10.8. The summed E-state index contributed by atoms with van der Waals surface area (Å²) in [6.07, 6.45) is 7.51. The van der Waals surface area contributed by atoms with Gasteiger partial charge in [0.25, 0.3) is 0 Å². The molecule has 1 atom stereocenters. The number of rotatable bonds is 5. The molecule has 0 saturated heterocycles. The normalized spacial score (nSPS) is 17.1. The summed E-state index contributed by atoms with van der Waals surface area (Å²) in [5, 5.41) is 14.1. The first kappa shape index (κ1) is 15.1. The third-order valence-corrected chi connectivity index (χ3v) is 5.08. The summed E-state index contributed by atoms with van der Waals surface area (Å²) >= 11 is 1.43. The van der Waals surface area contributed by atoms with Crippen molar-refractivity contribution in [2.75, 3.05) is 0 Å². The Labute approximate surface area is 134 Å². The summed E-state index contributed by atoms with van der Waals surface area (Å²) in [6.45, 7) is 0. The van der Waals surface area contributed by atoms with Crippen molar-refractivity contribution in [3.8, 4) is 0 Å². The van der Waals surface area contributed by atoms with Crippen molar-refractivity contribution in [3.05, 3.63) is 42.1 Å². The van der Waals surface area contributed by atoms with E-state index >= 15 is 0 Å². The Bertz CT molecular complexity index is 581. The molecule has 2 aromatic rings. The van der Waals surface area contributed by atoms with Gasteiger partial charge in [0.1, 0.15) is 10.3 Å². The molecule has 5 nitrogen and oxygen atoms in total. The highest BCUT2D eigenvalue weighted by Gasteiger charge is 2.25. The van der Waals surface area contributed by atoms with Gasteiger partial charge in [-0.1, -0.05) is 61.4 Å². The van der Waals surface area contributed by atoms with Crippen LogP contribution in [0, 0.1) is 0 Å². The van der Waals surface area contributed by atoms with E-state index in [9.17, 15) is 4.79 Å². The lowest BCUT2D eigenvalue weighted by Crippen LogP contribution is -2.38. The van der Waals surface area contributed by atoms with Crippen molar-refractivity contribution in [3.63, 3.8) is 0 Å². The molecular formula is C16H20N4OS. The topological polar surface area (TPSA) is 70.7 Å². The molecule has 0 bridgehead atoms. The molecule has 116 valence electrons. The van der Waals surface area contributed by atoms with E-state index in [0.29, 0.717) is 6.04 Å². The average Bonchev–Trinajstić information content (AvgIpc) is 3.07. The van der Waals surface area contributed by atoms with Crippen molar-refractivity contribution in [2.45, 2.75) is 48.4 Å². The lowest BCUT2D eigenvalue weighted by Gasteiger charge is -2.25. The van der Waals surface area contributed by atoms with E-state index in [1.165, 1.54) is 31.0 Å². The molecule has 1 heterocycles. The van der Waals surface area contributed by atoms with Gasteiger partial charge in [0.2, 0.25) is 5.91 Å². The molecule has 22 heavy (non-hydrogen) atoms. The summed E-state index contributed by atoms with van der Waals surface area (Å²) in [4.78, 5) is 12.7. The Morgan fingerprint density at radius 2 is 2.00 bits per heavy atom. The number of aromatic nitrogens is 3. The molecule has 0 unspecified atom stereocenters. The predicted octanol–water partition coefficient (Wildman–Crippen LogP) is 3.09. The van der Waals surface area contributed by atoms with E-state index in [-0.39, 0.29) is 11.2 Å². The molecule has 1 aromatic heterocycles. The van der Waals surface area contributed by atoms with Crippen LogP contribution in [0.1, 0.15) is 42.9 Å². The second-order valence-corrected chi connectivity index (χ2v) is 6.69. The van der Waals surface area contributed by atoms with Gasteiger partial charge in [0, 0.05) is 6.04 Å². The molecule has 1 aliphatic rings. The molecule has 0 aliphatic heterocycles. The van der Waals surface area contributed by atoms with Crippen LogP contribution in [-0.4, -0.2) is 27.4 Å². The van der Waals surface area contributed by atoms with Crippen molar-refractivity contribution < 1.29 is 4.79 Å². The lowest BCUT2D eigenvalue weighted by atomic mass is 9.95. The quantitative estimate of drug-likeness (QED) is 0.832. The van der Waals surface area contributed by atoms with Crippen LogP contribution >= 0.6 is 11.8 Å². The number of H-pyrrole nitrogens is 1. The Hall–Kier alpha value is -1.82. The molecule has 3 rings (SSSR count). The van der Waals surface area contributed by atoms with Crippen LogP contribution in [0.4, 0.5) is 0 Å². The number of nitrogens with one attached hydrogen (secondary N) is 2. The van der Waals surface area contributed by atoms with Crippen LogP contribution in [0.3, 0.4) is 0 Å². The Kier molecular flexibility index (Phi) is 5.11. The highest BCUT2D eigenvalue weighted by molar-refractivity contribution is 8.00. The molecule has 6 heteroatoms. The molecule has 0 radical (unpaired) electrons. The van der Waals surface area contributed by atoms with E-state index in [0.717, 1.165) is 23.4 Å². The minimum atomic E-state index is -0.298. The first-order valence-corrected chi connectivity index (χ1v) is 8.58. The van der Waals surface area contributed by atoms with Gasteiger partial charge >= 0.3 is 0 Å². The van der Waals surface area contributed by atoms with E-state index in [2.05, 4.69) is 20.7 Å². The van der Waals surface area contributed by atoms with Crippen LogP contribution in [-0.2, 0) is 4.79 Å². The van der Waals surface area contributed by atoms with Crippen molar-refractivity contribution >= 4 is 17.7 Å². The number of hydrogen-bond donors (Lipinski definition) is 2. The largest absolute Gasteiger partial charge is 0.352 e. The van der Waals surface area contributed by atoms with Crippen molar-refractivity contribution in [1.29, 1.82) is 0 Å². The zero-order valence-corrected chi connectivity index (χ0v) is 13.2. The zero-order chi connectivity index (χ0) is 15.2. The summed E-state index contributed by atoms with van der Waals surface area (Å²) in [6, 6.07) is 10.2. The maximum Gasteiger partial charge on any atom is 0.238 e. The number of carbonyl (C=O) groups excluding carboxylic acids is 1. The smallest absolute Gasteiger partial charge is 0.238 e. The Morgan fingerprint density at radius 3 is 2.68 bits per heavy atom. The molecule has 1 amide bonds. The van der Waals surface area contributed by atoms with Gasteiger partial charge in [-0.2, -0.15) is 10.3 Å². The number of carbonyl (C=O) groups is 1. The van der Waals surface area contributed by atoms with Crippen LogP contribution in [0.2, 0.25) is 0 Å².